The van der Waals surface area contributed by atoms with E-state index in [0.29, 0.717) is 36.9 Å². The maximum Gasteiger partial charge on any atom is 0.282 e. The van der Waals surface area contributed by atoms with Crippen LogP contribution in [0.15, 0.2) is 18.2 Å². The summed E-state index contributed by atoms with van der Waals surface area (Å²) in [5.74, 6) is 1.87. The number of thioether (sulfide) groups is 1. The molecule has 6 nitrogen and oxygen atoms in total. The van der Waals surface area contributed by atoms with Gasteiger partial charge in [0.25, 0.3) is 5.24 Å². The second-order valence-corrected chi connectivity index (χ2v) is 5.84. The smallest absolute Gasteiger partial charge is 0.282 e. The van der Waals surface area contributed by atoms with Crippen molar-refractivity contribution in [1.82, 2.24) is 4.90 Å². The van der Waals surface area contributed by atoms with Crippen molar-refractivity contribution in [2.45, 2.75) is 6.42 Å². The summed E-state index contributed by atoms with van der Waals surface area (Å²) in [6.45, 7) is 1.94. The molecule has 0 aliphatic carbocycles. The van der Waals surface area contributed by atoms with Crippen molar-refractivity contribution < 1.29 is 19.1 Å². The molecule has 0 aromatic heterocycles. The van der Waals surface area contributed by atoms with Crippen LogP contribution in [0.1, 0.15) is 6.42 Å². The first-order valence-corrected chi connectivity index (χ1v) is 7.82. The standard InChI is InChI=1S/C14H16N2O4S/c17-13(9-16-4-7-21-14(16)18)15-10-2-3-11-12(8-10)20-6-1-5-19-11/h2-3,8H,1,4-7,9H2,(H,15,17). The van der Waals surface area contributed by atoms with E-state index >= 15 is 0 Å². The lowest BCUT2D eigenvalue weighted by atomic mass is 10.2. The van der Waals surface area contributed by atoms with Crippen molar-refractivity contribution in [3.8, 4) is 11.5 Å². The highest BCUT2D eigenvalue weighted by Gasteiger charge is 2.23. The van der Waals surface area contributed by atoms with Gasteiger partial charge in [0.05, 0.1) is 13.2 Å². The fourth-order valence-electron chi connectivity index (χ4n) is 2.18. The van der Waals surface area contributed by atoms with Crippen LogP contribution in [0, 0.1) is 0 Å². The van der Waals surface area contributed by atoms with Crippen LogP contribution in [0.2, 0.25) is 0 Å². The van der Waals surface area contributed by atoms with Crippen molar-refractivity contribution in [2.24, 2.45) is 0 Å². The molecule has 2 amide bonds. The Morgan fingerprint density at radius 1 is 1.29 bits per heavy atom. The molecule has 0 radical (unpaired) electrons. The minimum Gasteiger partial charge on any atom is -0.490 e. The van der Waals surface area contributed by atoms with Gasteiger partial charge in [0.2, 0.25) is 5.91 Å². The molecule has 2 aliphatic rings. The Bertz CT molecular complexity index is 564. The highest BCUT2D eigenvalue weighted by molar-refractivity contribution is 8.13. The number of anilines is 1. The molecule has 1 aromatic rings. The topological polar surface area (TPSA) is 67.9 Å². The molecule has 0 spiro atoms. The first kappa shape index (κ1) is 14.1. The number of carbonyl (C=O) groups excluding carboxylic acids is 2. The molecule has 0 unspecified atom stereocenters. The molecule has 1 N–H and O–H groups in total. The van der Waals surface area contributed by atoms with Gasteiger partial charge in [-0.2, -0.15) is 0 Å². The predicted octanol–water partition coefficient (Wildman–Crippen LogP) is 1.96. The average Bonchev–Trinajstić information content (AvgIpc) is 2.74. The minimum absolute atomic E-state index is 0.0381. The van der Waals surface area contributed by atoms with Gasteiger partial charge in [0.15, 0.2) is 11.5 Å². The second kappa shape index (κ2) is 6.26. The maximum atomic E-state index is 12.0. The monoisotopic (exact) mass is 308 g/mol. The van der Waals surface area contributed by atoms with E-state index in [9.17, 15) is 9.59 Å². The molecule has 0 saturated carbocycles. The Balaban J connectivity index is 1.63. The third-order valence-electron chi connectivity index (χ3n) is 3.21. The van der Waals surface area contributed by atoms with E-state index in [1.54, 1.807) is 23.1 Å². The molecular weight excluding hydrogens is 292 g/mol. The van der Waals surface area contributed by atoms with E-state index in [4.69, 9.17) is 9.47 Å². The van der Waals surface area contributed by atoms with E-state index < -0.39 is 0 Å². The summed E-state index contributed by atoms with van der Waals surface area (Å²) in [7, 11) is 0. The third-order valence-corrected chi connectivity index (χ3v) is 4.10. The van der Waals surface area contributed by atoms with Gasteiger partial charge < -0.3 is 19.7 Å². The van der Waals surface area contributed by atoms with Crippen LogP contribution in [0.4, 0.5) is 10.5 Å². The van der Waals surface area contributed by atoms with Gasteiger partial charge in [-0.15, -0.1) is 0 Å². The molecule has 2 aliphatic heterocycles. The van der Waals surface area contributed by atoms with Crippen LogP contribution in [0.25, 0.3) is 0 Å². The summed E-state index contributed by atoms with van der Waals surface area (Å²) in [5.41, 5.74) is 0.642. The van der Waals surface area contributed by atoms with Gasteiger partial charge >= 0.3 is 0 Å². The first-order valence-electron chi connectivity index (χ1n) is 6.83. The Labute approximate surface area is 126 Å². The molecule has 0 bridgehead atoms. The fourth-order valence-corrected chi connectivity index (χ4v) is 3.01. The maximum absolute atomic E-state index is 12.0. The number of hydrogen-bond acceptors (Lipinski definition) is 5. The summed E-state index contributed by atoms with van der Waals surface area (Å²) < 4.78 is 11.1. The molecule has 21 heavy (non-hydrogen) atoms. The van der Waals surface area contributed by atoms with Gasteiger partial charge in [-0.3, -0.25) is 9.59 Å². The zero-order valence-corrected chi connectivity index (χ0v) is 12.3. The molecule has 1 fully saturated rings. The van der Waals surface area contributed by atoms with E-state index in [2.05, 4.69) is 5.32 Å². The van der Waals surface area contributed by atoms with Crippen LogP contribution in [0.3, 0.4) is 0 Å². The third kappa shape index (κ3) is 3.41. The lowest BCUT2D eigenvalue weighted by Gasteiger charge is -2.15. The summed E-state index contributed by atoms with van der Waals surface area (Å²) >= 11 is 1.25. The van der Waals surface area contributed by atoms with Crippen LogP contribution < -0.4 is 14.8 Å². The Morgan fingerprint density at radius 2 is 2.10 bits per heavy atom. The summed E-state index contributed by atoms with van der Waals surface area (Å²) in [6.07, 6.45) is 0.838. The van der Waals surface area contributed by atoms with Crippen LogP contribution in [-0.2, 0) is 4.79 Å². The number of carbonyl (C=O) groups is 2. The first-order chi connectivity index (χ1) is 10.2. The molecular formula is C14H16N2O4S. The largest absolute Gasteiger partial charge is 0.490 e. The molecule has 112 valence electrons. The van der Waals surface area contributed by atoms with Gasteiger partial charge in [-0.25, -0.2) is 0 Å². The number of amides is 2. The quantitative estimate of drug-likeness (QED) is 0.924. The number of fused-ring (bicyclic) bond motifs is 1. The number of rotatable bonds is 3. The molecule has 3 rings (SSSR count). The lowest BCUT2D eigenvalue weighted by molar-refractivity contribution is -0.116. The average molecular weight is 308 g/mol. The fraction of sp³-hybridized carbons (Fsp3) is 0.429. The number of benzene rings is 1. The molecule has 1 aromatic carbocycles. The Morgan fingerprint density at radius 3 is 2.86 bits per heavy atom. The lowest BCUT2D eigenvalue weighted by Crippen LogP contribution is -2.33. The normalized spacial score (nSPS) is 17.5. The number of hydrogen-bond donors (Lipinski definition) is 1. The zero-order valence-electron chi connectivity index (χ0n) is 11.5. The summed E-state index contributed by atoms with van der Waals surface area (Å²) in [6, 6.07) is 5.30. The second-order valence-electron chi connectivity index (χ2n) is 4.80. The zero-order chi connectivity index (χ0) is 14.7. The van der Waals surface area contributed by atoms with Crippen LogP contribution in [0.5, 0.6) is 11.5 Å². The molecule has 1 saturated heterocycles. The number of nitrogens with zero attached hydrogens (tertiary/aromatic N) is 1. The van der Waals surface area contributed by atoms with E-state index in [-0.39, 0.29) is 17.7 Å². The van der Waals surface area contributed by atoms with Gasteiger partial charge in [-0.1, -0.05) is 11.8 Å². The molecule has 0 atom stereocenters. The Hall–Kier alpha value is -1.89. The number of nitrogens with one attached hydrogen (secondary N) is 1. The highest BCUT2D eigenvalue weighted by Crippen LogP contribution is 2.32. The minimum atomic E-state index is -0.208. The van der Waals surface area contributed by atoms with Crippen molar-refractivity contribution in [2.75, 3.05) is 37.4 Å². The van der Waals surface area contributed by atoms with Crippen molar-refractivity contribution in [3.05, 3.63) is 18.2 Å². The van der Waals surface area contributed by atoms with Crippen molar-refractivity contribution in [3.63, 3.8) is 0 Å². The van der Waals surface area contributed by atoms with Crippen molar-refractivity contribution >= 4 is 28.6 Å². The van der Waals surface area contributed by atoms with E-state index in [1.165, 1.54) is 11.8 Å². The van der Waals surface area contributed by atoms with Gasteiger partial charge in [-0.05, 0) is 12.1 Å². The van der Waals surface area contributed by atoms with Crippen LogP contribution in [-0.4, -0.2) is 48.1 Å². The number of ether oxygens (including phenoxy) is 2. The van der Waals surface area contributed by atoms with E-state index in [0.717, 1.165) is 12.2 Å². The summed E-state index contributed by atoms with van der Waals surface area (Å²) in [4.78, 5) is 25.0. The summed E-state index contributed by atoms with van der Waals surface area (Å²) in [5, 5.41) is 2.74. The van der Waals surface area contributed by atoms with Gasteiger partial charge in [0.1, 0.15) is 6.54 Å². The predicted molar refractivity (Wildman–Crippen MR) is 80.1 cm³/mol. The van der Waals surface area contributed by atoms with E-state index in [1.807, 2.05) is 0 Å². The van der Waals surface area contributed by atoms with Crippen LogP contribution >= 0.6 is 11.8 Å². The van der Waals surface area contributed by atoms with Gasteiger partial charge in [0, 0.05) is 30.5 Å². The SMILES string of the molecule is O=C(CN1CCSC1=O)Nc1ccc2c(c1)OCCCO2. The van der Waals surface area contributed by atoms with Crippen molar-refractivity contribution in [1.29, 1.82) is 0 Å². The highest BCUT2D eigenvalue weighted by atomic mass is 32.2. The Kier molecular flexibility index (Phi) is 4.19. The molecule has 2 heterocycles. The molecule has 7 heteroatoms.